The smallest absolute Gasteiger partial charge is 0.417 e. The molecule has 2 aliphatic heterocycles. The SMILES string of the molecule is C[C@H]1[C@@H](c2ccc(F)c(F)c2OCCOCCCNC(=O)C2CCC(NC(=O)CCCOC3CCC(OCCNC(=O)[C@H]4CC(O)N(C)[C@@H]4c4cccnc4)CC3)CC2)[C@H](C(=O)Nc2ccnc(C(N)=O)c2)O[C@@]1(C)C(F)(F)F. The number of halogens is 5. The predicted molar refractivity (Wildman–Crippen MR) is 276 cm³/mol. The Hall–Kier alpha value is -5.92. The van der Waals surface area contributed by atoms with E-state index >= 15 is 4.39 Å². The molecule has 1 aromatic carbocycles. The Balaban J connectivity index is 0.731. The number of amides is 5. The van der Waals surface area contributed by atoms with Crippen molar-refractivity contribution in [3.8, 4) is 5.75 Å². The second-order valence-electron chi connectivity index (χ2n) is 21.0. The first-order valence-corrected chi connectivity index (χ1v) is 27.1. The highest BCUT2D eigenvalue weighted by molar-refractivity contribution is 5.97. The van der Waals surface area contributed by atoms with Gasteiger partial charge in [-0.3, -0.25) is 38.8 Å². The molecule has 2 saturated heterocycles. The molecular formula is C55H73F5N8O11. The number of carbonyl (C=O) groups excluding carboxylic acids is 5. The highest BCUT2D eigenvalue weighted by Gasteiger charge is 2.66. The Morgan fingerprint density at radius 1 is 0.861 bits per heavy atom. The number of anilines is 1. The average molecular weight is 1120 g/mol. The summed E-state index contributed by atoms with van der Waals surface area (Å²) in [6, 6.07) is 7.63. The number of nitrogens with one attached hydrogen (secondary N) is 4. The summed E-state index contributed by atoms with van der Waals surface area (Å²) in [4.78, 5) is 73.8. The van der Waals surface area contributed by atoms with E-state index in [-0.39, 0.29) is 84.7 Å². The number of pyridine rings is 2. The quantitative estimate of drug-likeness (QED) is 0.0436. The molecule has 0 spiro atoms. The highest BCUT2D eigenvalue weighted by Crippen LogP contribution is 2.55. The third-order valence-electron chi connectivity index (χ3n) is 15.7. The number of carbonyl (C=O) groups is 5. The Labute approximate surface area is 455 Å². The number of nitrogens with zero attached hydrogens (tertiary/aromatic N) is 3. The molecule has 2 aromatic heterocycles. The van der Waals surface area contributed by atoms with Crippen LogP contribution in [0.5, 0.6) is 5.75 Å². The van der Waals surface area contributed by atoms with Crippen molar-refractivity contribution >= 4 is 35.2 Å². The minimum absolute atomic E-state index is 0.0206. The number of primary amides is 1. The van der Waals surface area contributed by atoms with E-state index in [9.17, 15) is 46.6 Å². The topological polar surface area (TPSA) is 255 Å². The largest absolute Gasteiger partial charge is 0.488 e. The van der Waals surface area contributed by atoms with Crippen LogP contribution in [0.3, 0.4) is 0 Å². The lowest BCUT2D eigenvalue weighted by Gasteiger charge is -2.32. The summed E-state index contributed by atoms with van der Waals surface area (Å²) in [6.45, 7) is 3.16. The van der Waals surface area contributed by atoms with Gasteiger partial charge in [0.1, 0.15) is 24.6 Å². The van der Waals surface area contributed by atoms with Gasteiger partial charge in [0.05, 0.1) is 37.4 Å². The molecule has 19 nitrogen and oxygen atoms in total. The zero-order chi connectivity index (χ0) is 56.9. The van der Waals surface area contributed by atoms with Gasteiger partial charge in [-0.1, -0.05) is 19.1 Å². The zero-order valence-corrected chi connectivity index (χ0v) is 44.7. The van der Waals surface area contributed by atoms with Crippen LogP contribution in [0.4, 0.5) is 27.6 Å². The normalized spacial score (nSPS) is 27.3. The van der Waals surface area contributed by atoms with Crippen molar-refractivity contribution < 1.29 is 74.7 Å². The summed E-state index contributed by atoms with van der Waals surface area (Å²) >= 11 is 0. The van der Waals surface area contributed by atoms with Gasteiger partial charge in [-0.25, -0.2) is 4.39 Å². The van der Waals surface area contributed by atoms with E-state index in [0.29, 0.717) is 77.7 Å². The number of rotatable bonds is 25. The lowest BCUT2D eigenvalue weighted by atomic mass is 9.77. The Bertz CT molecular complexity index is 2540. The minimum atomic E-state index is -4.99. The number of aliphatic hydroxyl groups is 1. The molecule has 79 heavy (non-hydrogen) atoms. The number of aromatic nitrogens is 2. The van der Waals surface area contributed by atoms with E-state index in [1.165, 1.54) is 13.0 Å². The molecule has 2 aliphatic carbocycles. The number of hydrogen-bond acceptors (Lipinski definition) is 14. The second kappa shape index (κ2) is 28.0. The summed E-state index contributed by atoms with van der Waals surface area (Å²) in [5.41, 5.74) is 2.78. The molecule has 0 bridgehead atoms. The number of alkyl halides is 3. The highest BCUT2D eigenvalue weighted by atomic mass is 19.4. The van der Waals surface area contributed by atoms with Crippen molar-refractivity contribution in [1.82, 2.24) is 30.8 Å². The molecule has 434 valence electrons. The first-order chi connectivity index (χ1) is 37.7. The summed E-state index contributed by atoms with van der Waals surface area (Å²) in [5, 5.41) is 21.8. The molecule has 3 aromatic rings. The maximum Gasteiger partial charge on any atom is 0.417 e. The molecule has 1 unspecified atom stereocenters. The molecule has 4 aliphatic rings. The van der Waals surface area contributed by atoms with Gasteiger partial charge in [-0.05, 0) is 108 Å². The van der Waals surface area contributed by atoms with Gasteiger partial charge < -0.3 is 55.8 Å². The number of aliphatic hydroxyl groups excluding tert-OH is 1. The number of likely N-dealkylation sites (tertiary alicyclic amines) is 1. The van der Waals surface area contributed by atoms with E-state index in [0.717, 1.165) is 62.6 Å². The fraction of sp³-hybridized carbons (Fsp3) is 0.618. The van der Waals surface area contributed by atoms with E-state index in [1.807, 2.05) is 12.1 Å². The van der Waals surface area contributed by atoms with E-state index in [2.05, 4.69) is 31.2 Å². The van der Waals surface area contributed by atoms with Gasteiger partial charge in [0.15, 0.2) is 17.2 Å². The lowest BCUT2D eigenvalue weighted by molar-refractivity contribution is -0.272. The second-order valence-corrected chi connectivity index (χ2v) is 21.0. The summed E-state index contributed by atoms with van der Waals surface area (Å²) in [5.74, 6) is -9.39. The van der Waals surface area contributed by atoms with Crippen LogP contribution in [-0.4, -0.2) is 145 Å². The van der Waals surface area contributed by atoms with Gasteiger partial charge in [-0.15, -0.1) is 0 Å². The molecule has 7 atom stereocenters. The van der Waals surface area contributed by atoms with Crippen molar-refractivity contribution in [2.75, 3.05) is 58.5 Å². The third kappa shape index (κ3) is 15.7. The van der Waals surface area contributed by atoms with Gasteiger partial charge in [0, 0.05) is 92.8 Å². The van der Waals surface area contributed by atoms with Crippen LogP contribution in [-0.2, 0) is 38.1 Å². The van der Waals surface area contributed by atoms with Crippen LogP contribution in [0.15, 0.2) is 55.0 Å². The van der Waals surface area contributed by atoms with Crippen molar-refractivity contribution in [1.29, 1.82) is 0 Å². The molecule has 4 fully saturated rings. The number of hydrogen-bond donors (Lipinski definition) is 6. The molecule has 4 heterocycles. The average Bonchev–Trinajstić information content (AvgIpc) is 4.15. The fourth-order valence-corrected chi connectivity index (χ4v) is 11.1. The molecule has 24 heteroatoms. The van der Waals surface area contributed by atoms with Crippen molar-refractivity contribution in [2.45, 2.75) is 145 Å². The molecule has 7 N–H and O–H groups in total. The number of nitrogens with two attached hydrogens (primary N) is 1. The Kier molecular flexibility index (Phi) is 21.5. The minimum Gasteiger partial charge on any atom is -0.488 e. The molecular weight excluding hydrogens is 1040 g/mol. The third-order valence-corrected chi connectivity index (χ3v) is 15.7. The Morgan fingerprint density at radius 3 is 2.25 bits per heavy atom. The maximum absolute atomic E-state index is 15.4. The summed E-state index contributed by atoms with van der Waals surface area (Å²) in [7, 11) is 1.81. The maximum atomic E-state index is 15.4. The monoisotopic (exact) mass is 1120 g/mol. The molecule has 7 rings (SSSR count). The van der Waals surface area contributed by atoms with Crippen molar-refractivity contribution in [2.24, 2.45) is 23.5 Å². The first kappa shape index (κ1) is 60.7. The summed E-state index contributed by atoms with van der Waals surface area (Å²) in [6.07, 6.45) is 4.75. The predicted octanol–water partition coefficient (Wildman–Crippen LogP) is 5.76. The van der Waals surface area contributed by atoms with Crippen LogP contribution >= 0.6 is 0 Å². The van der Waals surface area contributed by atoms with Crippen LogP contribution in [0.1, 0.15) is 124 Å². The van der Waals surface area contributed by atoms with E-state index < -0.39 is 71.1 Å². The number of ether oxygens (including phenoxy) is 5. The number of benzene rings is 1. The van der Waals surface area contributed by atoms with Gasteiger partial charge >= 0.3 is 6.18 Å². The Morgan fingerprint density at radius 2 is 1.57 bits per heavy atom. The van der Waals surface area contributed by atoms with E-state index in [4.69, 9.17) is 29.4 Å². The zero-order valence-electron chi connectivity index (χ0n) is 44.7. The van der Waals surface area contributed by atoms with Gasteiger partial charge in [-0.2, -0.15) is 17.6 Å². The molecule has 0 radical (unpaired) electrons. The fourth-order valence-electron chi connectivity index (χ4n) is 11.1. The van der Waals surface area contributed by atoms with Gasteiger partial charge in [0.2, 0.25) is 23.5 Å². The van der Waals surface area contributed by atoms with Crippen molar-refractivity contribution in [3.05, 3.63) is 83.4 Å². The molecule has 5 amide bonds. The van der Waals surface area contributed by atoms with Gasteiger partial charge in [0.25, 0.3) is 11.8 Å². The van der Waals surface area contributed by atoms with Crippen LogP contribution in [0.25, 0.3) is 0 Å². The van der Waals surface area contributed by atoms with Crippen LogP contribution < -0.4 is 31.7 Å². The standard InChI is InChI=1S/C55H73F5N8O11/c1-32-45(49(79-54(32,2)55(58,59)60)53(74)67-36-19-22-63-42(29-36)50(61)71)39-17-18-41(56)46(57)48(39)78-28-27-75-24-6-21-64-51(72)33-9-11-35(12-10-33)66-43(69)8-5-25-76-37-13-15-38(16-14-37)77-26-23-65-52(73)40-30-44(70)68(3)47(40)34-7-4-20-62-31-34/h4,7,17-20,22,29,31-33,35,37-38,40,44-45,47,49,70H,5-6,8-16,21,23-28,30H2,1-3H3,(H2,61,71)(H,64,72)(H,65,73)(H,66,69)(H,63,67,74)/t32-,33?,35?,37?,38?,40-,44?,45-,47+,49+,54+/m0/s1. The first-order valence-electron chi connectivity index (χ1n) is 27.1. The summed E-state index contributed by atoms with van der Waals surface area (Å²) < 4.78 is 102. The van der Waals surface area contributed by atoms with Crippen molar-refractivity contribution in [3.63, 3.8) is 0 Å². The van der Waals surface area contributed by atoms with Crippen LogP contribution in [0, 0.1) is 29.4 Å². The van der Waals surface area contributed by atoms with Crippen LogP contribution in [0.2, 0.25) is 0 Å². The molecule has 2 saturated carbocycles. The lowest BCUT2D eigenvalue weighted by Crippen LogP contribution is -2.47. The van der Waals surface area contributed by atoms with E-state index in [1.54, 1.807) is 24.3 Å².